The fraction of sp³-hybridized carbons (Fsp3) is 0.235. The first kappa shape index (κ1) is 15.0. The van der Waals surface area contributed by atoms with E-state index in [1.54, 1.807) is 17.1 Å². The standard InChI is InChI=1S/C17H19N5O/c1-11-6-5-9-18-15(11)20-16(23)14-10-19-21(4)17(14)22-12(2)7-8-13(22)3/h5-10H,1-4H3,(H,18,20,23). The molecule has 1 amide bonds. The summed E-state index contributed by atoms with van der Waals surface area (Å²) < 4.78 is 3.73. The van der Waals surface area contributed by atoms with Crippen LogP contribution in [0.1, 0.15) is 27.3 Å². The maximum atomic E-state index is 12.7. The molecular formula is C17H19N5O. The second-order valence-electron chi connectivity index (χ2n) is 5.58. The van der Waals surface area contributed by atoms with Gasteiger partial charge in [-0.2, -0.15) is 5.10 Å². The monoisotopic (exact) mass is 309 g/mol. The van der Waals surface area contributed by atoms with Crippen molar-refractivity contribution in [2.75, 3.05) is 5.32 Å². The van der Waals surface area contributed by atoms with E-state index in [9.17, 15) is 4.79 Å². The molecule has 0 saturated carbocycles. The molecule has 0 atom stereocenters. The molecule has 0 aliphatic rings. The van der Waals surface area contributed by atoms with Crippen LogP contribution < -0.4 is 5.32 Å². The molecule has 0 aromatic carbocycles. The largest absolute Gasteiger partial charge is 0.306 e. The van der Waals surface area contributed by atoms with Crippen molar-refractivity contribution in [2.24, 2.45) is 7.05 Å². The third kappa shape index (κ3) is 2.63. The number of carbonyl (C=O) groups is 1. The number of aromatic nitrogens is 4. The van der Waals surface area contributed by atoms with Crippen LogP contribution in [0.2, 0.25) is 0 Å². The zero-order chi connectivity index (χ0) is 16.6. The van der Waals surface area contributed by atoms with Gasteiger partial charge < -0.3 is 9.88 Å². The molecule has 1 N–H and O–H groups in total. The summed E-state index contributed by atoms with van der Waals surface area (Å²) in [5.41, 5.74) is 3.53. The zero-order valence-corrected chi connectivity index (χ0v) is 13.7. The molecule has 6 nitrogen and oxygen atoms in total. The predicted octanol–water partition coefficient (Wildman–Crippen LogP) is 2.78. The molecule has 6 heteroatoms. The van der Waals surface area contributed by atoms with E-state index >= 15 is 0 Å². The summed E-state index contributed by atoms with van der Waals surface area (Å²) in [4.78, 5) is 16.9. The molecule has 0 fully saturated rings. The number of pyridine rings is 1. The van der Waals surface area contributed by atoms with Crippen molar-refractivity contribution in [2.45, 2.75) is 20.8 Å². The van der Waals surface area contributed by atoms with Crippen LogP contribution in [0.15, 0.2) is 36.7 Å². The van der Waals surface area contributed by atoms with Crippen molar-refractivity contribution < 1.29 is 4.79 Å². The molecule has 0 bridgehead atoms. The first-order valence-corrected chi connectivity index (χ1v) is 7.39. The Balaban J connectivity index is 2.02. The molecular weight excluding hydrogens is 290 g/mol. The summed E-state index contributed by atoms with van der Waals surface area (Å²) in [6.07, 6.45) is 3.24. The van der Waals surface area contributed by atoms with Gasteiger partial charge in [-0.25, -0.2) is 4.98 Å². The number of rotatable bonds is 3. The van der Waals surface area contributed by atoms with Crippen molar-refractivity contribution in [1.82, 2.24) is 19.3 Å². The fourth-order valence-electron chi connectivity index (χ4n) is 2.65. The predicted molar refractivity (Wildman–Crippen MR) is 88.9 cm³/mol. The lowest BCUT2D eigenvalue weighted by atomic mass is 10.2. The van der Waals surface area contributed by atoms with Crippen LogP contribution in [0.3, 0.4) is 0 Å². The lowest BCUT2D eigenvalue weighted by Crippen LogP contribution is -2.17. The van der Waals surface area contributed by atoms with Crippen LogP contribution in [0, 0.1) is 20.8 Å². The van der Waals surface area contributed by atoms with E-state index in [-0.39, 0.29) is 5.91 Å². The minimum absolute atomic E-state index is 0.220. The van der Waals surface area contributed by atoms with Crippen LogP contribution in [0.5, 0.6) is 0 Å². The van der Waals surface area contributed by atoms with Gasteiger partial charge in [0, 0.05) is 24.6 Å². The van der Waals surface area contributed by atoms with Gasteiger partial charge in [-0.05, 0) is 44.5 Å². The van der Waals surface area contributed by atoms with Gasteiger partial charge in [0.05, 0.1) is 6.20 Å². The van der Waals surface area contributed by atoms with E-state index in [1.807, 2.05) is 56.7 Å². The van der Waals surface area contributed by atoms with Crippen LogP contribution in [0.25, 0.3) is 5.82 Å². The molecule has 3 heterocycles. The van der Waals surface area contributed by atoms with Gasteiger partial charge in [-0.1, -0.05) is 6.07 Å². The number of carbonyl (C=O) groups excluding carboxylic acids is 1. The first-order chi connectivity index (χ1) is 11.0. The summed E-state index contributed by atoms with van der Waals surface area (Å²) in [5.74, 6) is 1.09. The zero-order valence-electron chi connectivity index (χ0n) is 13.7. The van der Waals surface area contributed by atoms with Crippen molar-refractivity contribution in [1.29, 1.82) is 0 Å². The summed E-state index contributed by atoms with van der Waals surface area (Å²) >= 11 is 0. The van der Waals surface area contributed by atoms with E-state index in [0.29, 0.717) is 11.4 Å². The molecule has 0 aliphatic carbocycles. The highest BCUT2D eigenvalue weighted by Crippen LogP contribution is 2.21. The van der Waals surface area contributed by atoms with Gasteiger partial charge in [0.1, 0.15) is 17.2 Å². The molecule has 3 rings (SSSR count). The van der Waals surface area contributed by atoms with E-state index in [4.69, 9.17) is 0 Å². The molecule has 0 unspecified atom stereocenters. The van der Waals surface area contributed by atoms with Crippen LogP contribution >= 0.6 is 0 Å². The number of anilines is 1. The van der Waals surface area contributed by atoms with Crippen LogP contribution in [0.4, 0.5) is 5.82 Å². The van der Waals surface area contributed by atoms with Gasteiger partial charge in [0.2, 0.25) is 0 Å². The number of nitrogens with zero attached hydrogens (tertiary/aromatic N) is 4. The quantitative estimate of drug-likeness (QED) is 0.809. The van der Waals surface area contributed by atoms with Crippen molar-refractivity contribution in [3.8, 4) is 5.82 Å². The highest BCUT2D eigenvalue weighted by atomic mass is 16.1. The molecule has 0 aliphatic heterocycles. The second-order valence-corrected chi connectivity index (χ2v) is 5.58. The minimum Gasteiger partial charge on any atom is -0.306 e. The van der Waals surface area contributed by atoms with Crippen molar-refractivity contribution in [3.63, 3.8) is 0 Å². The van der Waals surface area contributed by atoms with Gasteiger partial charge >= 0.3 is 0 Å². The van der Waals surface area contributed by atoms with Crippen LogP contribution in [-0.4, -0.2) is 25.2 Å². The summed E-state index contributed by atoms with van der Waals surface area (Å²) in [7, 11) is 1.83. The van der Waals surface area contributed by atoms with E-state index < -0.39 is 0 Å². The number of nitrogens with one attached hydrogen (secondary N) is 1. The molecule has 118 valence electrons. The van der Waals surface area contributed by atoms with E-state index in [2.05, 4.69) is 15.4 Å². The third-order valence-corrected chi connectivity index (χ3v) is 3.88. The fourth-order valence-corrected chi connectivity index (χ4v) is 2.65. The van der Waals surface area contributed by atoms with Crippen molar-refractivity contribution in [3.05, 3.63) is 59.2 Å². The summed E-state index contributed by atoms with van der Waals surface area (Å²) in [6, 6.07) is 7.79. The van der Waals surface area contributed by atoms with Gasteiger partial charge in [0.25, 0.3) is 5.91 Å². The Morgan fingerprint density at radius 3 is 2.48 bits per heavy atom. The molecule has 0 radical (unpaired) electrons. The number of aryl methyl sites for hydroxylation is 4. The first-order valence-electron chi connectivity index (χ1n) is 7.39. The van der Waals surface area contributed by atoms with Gasteiger partial charge in [-0.3, -0.25) is 9.48 Å². The van der Waals surface area contributed by atoms with Gasteiger partial charge in [-0.15, -0.1) is 0 Å². The summed E-state index contributed by atoms with van der Waals surface area (Å²) in [5, 5.41) is 7.12. The lowest BCUT2D eigenvalue weighted by Gasteiger charge is -2.13. The Morgan fingerprint density at radius 2 is 1.83 bits per heavy atom. The van der Waals surface area contributed by atoms with E-state index in [1.165, 1.54) is 0 Å². The molecule has 3 aromatic rings. The van der Waals surface area contributed by atoms with E-state index in [0.717, 1.165) is 22.8 Å². The summed E-state index contributed by atoms with van der Waals surface area (Å²) in [6.45, 7) is 5.92. The molecule has 0 spiro atoms. The van der Waals surface area contributed by atoms with Crippen molar-refractivity contribution >= 4 is 11.7 Å². The molecule has 23 heavy (non-hydrogen) atoms. The number of amides is 1. The normalized spacial score (nSPS) is 10.8. The smallest absolute Gasteiger partial charge is 0.262 e. The molecule has 0 saturated heterocycles. The number of hydrogen-bond acceptors (Lipinski definition) is 3. The third-order valence-electron chi connectivity index (χ3n) is 3.88. The Bertz CT molecular complexity index is 855. The topological polar surface area (TPSA) is 64.7 Å². The van der Waals surface area contributed by atoms with Gasteiger partial charge in [0.15, 0.2) is 0 Å². The average molecular weight is 309 g/mol. The highest BCUT2D eigenvalue weighted by Gasteiger charge is 2.20. The maximum Gasteiger partial charge on any atom is 0.262 e. The SMILES string of the molecule is Cc1cccnc1NC(=O)c1cnn(C)c1-n1c(C)ccc1C. The molecule has 3 aromatic heterocycles. The van der Waals surface area contributed by atoms with Crippen LogP contribution in [-0.2, 0) is 7.05 Å². The maximum absolute atomic E-state index is 12.7. The Labute approximate surface area is 134 Å². The average Bonchev–Trinajstić information content (AvgIpc) is 3.04. The Morgan fingerprint density at radius 1 is 1.13 bits per heavy atom. The Kier molecular flexibility index (Phi) is 3.73. The second kappa shape index (κ2) is 5.72. The minimum atomic E-state index is -0.220. The highest BCUT2D eigenvalue weighted by molar-refractivity contribution is 6.06. The Hall–Kier alpha value is -2.89. The lowest BCUT2D eigenvalue weighted by molar-refractivity contribution is 0.102. The number of hydrogen-bond donors (Lipinski definition) is 1.